The second-order valence-electron chi connectivity index (χ2n) is 6.08. The molecule has 3 rings (SSSR count). The van der Waals surface area contributed by atoms with Crippen LogP contribution in [-0.4, -0.2) is 26.8 Å². The number of nitrogens with one attached hydrogen (secondary N) is 2. The molecular weight excluding hydrogens is 368 g/mol. The Bertz CT molecular complexity index is 914. The molecule has 0 radical (unpaired) electrons. The number of hydrogen-bond donors (Lipinski definition) is 2. The van der Waals surface area contributed by atoms with Crippen LogP contribution < -0.4 is 5.32 Å². The Morgan fingerprint density at radius 2 is 1.81 bits per heavy atom. The number of nitrogens with zero attached hydrogens (tertiary/aromatic N) is 2. The number of aryl methyl sites for hydroxylation is 3. The minimum absolute atomic E-state index is 0.0807. The SMILES string of the molecule is Cc1cc(C)c(NC(=O)CSc2n[nH]c(-c3ccc(Cl)cc3)n2)c(C)c1. The smallest absolute Gasteiger partial charge is 0.234 e. The van der Waals surface area contributed by atoms with Gasteiger partial charge in [-0.05, 0) is 56.2 Å². The molecule has 2 aromatic carbocycles. The summed E-state index contributed by atoms with van der Waals surface area (Å²) < 4.78 is 0. The van der Waals surface area contributed by atoms with Gasteiger partial charge in [0.2, 0.25) is 11.1 Å². The summed E-state index contributed by atoms with van der Waals surface area (Å²) >= 11 is 7.18. The van der Waals surface area contributed by atoms with Crippen LogP contribution in [0.4, 0.5) is 5.69 Å². The van der Waals surface area contributed by atoms with Crippen molar-refractivity contribution in [2.45, 2.75) is 25.9 Å². The highest BCUT2D eigenvalue weighted by atomic mass is 35.5. The van der Waals surface area contributed by atoms with E-state index in [9.17, 15) is 4.79 Å². The van der Waals surface area contributed by atoms with Gasteiger partial charge in [0.15, 0.2) is 5.82 Å². The molecule has 0 unspecified atom stereocenters. The molecule has 1 heterocycles. The number of halogens is 1. The third-order valence-corrected chi connectivity index (χ3v) is 4.96. The van der Waals surface area contributed by atoms with Crippen LogP contribution in [0.1, 0.15) is 16.7 Å². The lowest BCUT2D eigenvalue weighted by Crippen LogP contribution is -2.16. The molecule has 7 heteroatoms. The molecule has 0 fully saturated rings. The molecule has 0 aliphatic rings. The predicted octanol–water partition coefficient (Wildman–Crippen LogP) is 4.78. The van der Waals surface area contributed by atoms with Gasteiger partial charge in [0.1, 0.15) is 0 Å². The second kappa shape index (κ2) is 7.93. The first-order valence-corrected chi connectivity index (χ1v) is 9.47. The van der Waals surface area contributed by atoms with Gasteiger partial charge in [-0.1, -0.05) is 41.1 Å². The van der Waals surface area contributed by atoms with E-state index >= 15 is 0 Å². The quantitative estimate of drug-likeness (QED) is 0.619. The first-order valence-electron chi connectivity index (χ1n) is 8.11. The molecule has 0 aliphatic carbocycles. The number of H-pyrrole nitrogens is 1. The Hall–Kier alpha value is -2.31. The van der Waals surface area contributed by atoms with Crippen molar-refractivity contribution in [3.8, 4) is 11.4 Å². The molecule has 0 spiro atoms. The summed E-state index contributed by atoms with van der Waals surface area (Å²) in [5.74, 6) is 0.808. The molecular formula is C19H19ClN4OS. The first-order chi connectivity index (χ1) is 12.4. The monoisotopic (exact) mass is 386 g/mol. The molecule has 0 saturated carbocycles. The topological polar surface area (TPSA) is 70.7 Å². The third kappa shape index (κ3) is 4.45. The molecule has 0 bridgehead atoms. The molecule has 1 amide bonds. The highest BCUT2D eigenvalue weighted by Crippen LogP contribution is 2.24. The van der Waals surface area contributed by atoms with Crippen LogP contribution >= 0.6 is 23.4 Å². The van der Waals surface area contributed by atoms with Crippen LogP contribution in [0.3, 0.4) is 0 Å². The number of carbonyl (C=O) groups is 1. The van der Waals surface area contributed by atoms with E-state index in [4.69, 9.17) is 11.6 Å². The fourth-order valence-electron chi connectivity index (χ4n) is 2.73. The van der Waals surface area contributed by atoms with Crippen molar-refractivity contribution in [1.82, 2.24) is 15.2 Å². The van der Waals surface area contributed by atoms with E-state index in [0.717, 1.165) is 22.4 Å². The molecule has 5 nitrogen and oxygen atoms in total. The summed E-state index contributed by atoms with van der Waals surface area (Å²) in [4.78, 5) is 16.7. The highest BCUT2D eigenvalue weighted by Gasteiger charge is 2.11. The van der Waals surface area contributed by atoms with Gasteiger partial charge < -0.3 is 5.32 Å². The standard InChI is InChI=1S/C19H19ClN4OS/c1-11-8-12(2)17(13(3)9-11)21-16(25)10-26-19-22-18(23-24-19)14-4-6-15(20)7-5-14/h4-9H,10H2,1-3H3,(H,21,25)(H,22,23,24). The molecule has 3 aromatic rings. The van der Waals surface area contributed by atoms with Crippen molar-refractivity contribution in [3.63, 3.8) is 0 Å². The number of aromatic nitrogens is 3. The Labute approximate surface area is 161 Å². The molecule has 1 aromatic heterocycles. The maximum absolute atomic E-state index is 12.3. The van der Waals surface area contributed by atoms with Crippen molar-refractivity contribution < 1.29 is 4.79 Å². The predicted molar refractivity (Wildman–Crippen MR) is 107 cm³/mol. The molecule has 0 atom stereocenters. The van der Waals surface area contributed by atoms with E-state index in [-0.39, 0.29) is 11.7 Å². The normalized spacial score (nSPS) is 10.8. The summed E-state index contributed by atoms with van der Waals surface area (Å²) in [6.45, 7) is 6.04. The fourth-order valence-corrected chi connectivity index (χ4v) is 3.45. The molecule has 26 heavy (non-hydrogen) atoms. The number of benzene rings is 2. The summed E-state index contributed by atoms with van der Waals surface area (Å²) in [5, 5.41) is 11.2. The zero-order valence-corrected chi connectivity index (χ0v) is 16.3. The van der Waals surface area contributed by atoms with Crippen molar-refractivity contribution in [2.24, 2.45) is 0 Å². The second-order valence-corrected chi connectivity index (χ2v) is 7.46. The van der Waals surface area contributed by atoms with E-state index in [2.05, 4.69) is 32.6 Å². The maximum atomic E-state index is 12.3. The Kier molecular flexibility index (Phi) is 5.64. The van der Waals surface area contributed by atoms with Gasteiger partial charge >= 0.3 is 0 Å². The summed E-state index contributed by atoms with van der Waals surface area (Å²) in [6.07, 6.45) is 0. The third-order valence-electron chi connectivity index (χ3n) is 3.86. The zero-order valence-electron chi connectivity index (χ0n) is 14.8. The number of thioether (sulfide) groups is 1. The molecule has 0 aliphatic heterocycles. The van der Waals surface area contributed by atoms with Crippen LogP contribution in [0.15, 0.2) is 41.6 Å². The minimum atomic E-state index is -0.0807. The lowest BCUT2D eigenvalue weighted by molar-refractivity contribution is -0.113. The lowest BCUT2D eigenvalue weighted by Gasteiger charge is -2.12. The Morgan fingerprint density at radius 3 is 2.46 bits per heavy atom. The zero-order chi connectivity index (χ0) is 18.7. The number of hydrogen-bond acceptors (Lipinski definition) is 4. The Morgan fingerprint density at radius 1 is 1.15 bits per heavy atom. The van der Waals surface area contributed by atoms with Gasteiger partial charge in [-0.2, -0.15) is 0 Å². The van der Waals surface area contributed by atoms with Gasteiger partial charge in [0.25, 0.3) is 0 Å². The van der Waals surface area contributed by atoms with Crippen LogP contribution in [-0.2, 0) is 4.79 Å². The van der Waals surface area contributed by atoms with E-state index in [1.165, 1.54) is 17.3 Å². The summed E-state index contributed by atoms with van der Waals surface area (Å²) in [7, 11) is 0. The number of anilines is 1. The largest absolute Gasteiger partial charge is 0.325 e. The number of aromatic amines is 1. The Balaban J connectivity index is 1.61. The first kappa shape index (κ1) is 18.5. The summed E-state index contributed by atoms with van der Waals surface area (Å²) in [6, 6.07) is 11.4. The van der Waals surface area contributed by atoms with E-state index in [1.807, 2.05) is 32.9 Å². The van der Waals surface area contributed by atoms with Crippen LogP contribution in [0.5, 0.6) is 0 Å². The van der Waals surface area contributed by atoms with E-state index in [1.54, 1.807) is 12.1 Å². The fraction of sp³-hybridized carbons (Fsp3) is 0.211. The van der Waals surface area contributed by atoms with Gasteiger partial charge in [-0.25, -0.2) is 4.98 Å². The van der Waals surface area contributed by atoms with Gasteiger partial charge in [-0.15, -0.1) is 5.10 Å². The van der Waals surface area contributed by atoms with Crippen molar-refractivity contribution in [1.29, 1.82) is 0 Å². The van der Waals surface area contributed by atoms with Gasteiger partial charge in [0.05, 0.1) is 5.75 Å². The highest BCUT2D eigenvalue weighted by molar-refractivity contribution is 7.99. The molecule has 2 N–H and O–H groups in total. The average molecular weight is 387 g/mol. The average Bonchev–Trinajstić information content (AvgIpc) is 3.06. The van der Waals surface area contributed by atoms with E-state index in [0.29, 0.717) is 16.0 Å². The molecule has 134 valence electrons. The number of rotatable bonds is 5. The van der Waals surface area contributed by atoms with Gasteiger partial charge in [-0.3, -0.25) is 9.89 Å². The van der Waals surface area contributed by atoms with Crippen molar-refractivity contribution in [2.75, 3.05) is 11.1 Å². The summed E-state index contributed by atoms with van der Waals surface area (Å²) in [5.41, 5.74) is 5.07. The minimum Gasteiger partial charge on any atom is -0.325 e. The van der Waals surface area contributed by atoms with E-state index < -0.39 is 0 Å². The maximum Gasteiger partial charge on any atom is 0.234 e. The van der Waals surface area contributed by atoms with Crippen LogP contribution in [0, 0.1) is 20.8 Å². The van der Waals surface area contributed by atoms with Crippen molar-refractivity contribution >= 4 is 35.0 Å². The lowest BCUT2D eigenvalue weighted by atomic mass is 10.1. The van der Waals surface area contributed by atoms with Crippen LogP contribution in [0.2, 0.25) is 5.02 Å². The van der Waals surface area contributed by atoms with Crippen LogP contribution in [0.25, 0.3) is 11.4 Å². The number of carbonyl (C=O) groups excluding carboxylic acids is 1. The van der Waals surface area contributed by atoms with Crippen molar-refractivity contribution in [3.05, 3.63) is 58.1 Å². The number of amides is 1. The molecule has 0 saturated heterocycles. The van der Waals surface area contributed by atoms with Gasteiger partial charge in [0, 0.05) is 16.3 Å².